The van der Waals surface area contributed by atoms with E-state index in [9.17, 15) is 19.2 Å². The van der Waals surface area contributed by atoms with Gasteiger partial charge in [0, 0.05) is 5.75 Å². The Labute approximate surface area is 139 Å². The largest absolute Gasteiger partial charge is 0.480 e. The maximum atomic E-state index is 12.2. The number of primary amides is 1. The second-order valence-electron chi connectivity index (χ2n) is 5.55. The molecule has 3 amide bonds. The fourth-order valence-corrected chi connectivity index (χ4v) is 1.90. The number of carbonyl (C=O) groups is 4. The minimum Gasteiger partial charge on any atom is -0.480 e. The third-order valence-corrected chi connectivity index (χ3v) is 3.29. The monoisotopic (exact) mass is 348 g/mol. The highest BCUT2D eigenvalue weighted by atomic mass is 32.1. The van der Waals surface area contributed by atoms with Gasteiger partial charge in [0.05, 0.1) is 12.5 Å². The van der Waals surface area contributed by atoms with Crippen LogP contribution in [0.1, 0.15) is 26.7 Å². The summed E-state index contributed by atoms with van der Waals surface area (Å²) in [6, 6.07) is -3.31. The first kappa shape index (κ1) is 21.2. The Morgan fingerprint density at radius 3 is 2.00 bits per heavy atom. The van der Waals surface area contributed by atoms with Crippen LogP contribution < -0.4 is 22.1 Å². The van der Waals surface area contributed by atoms with E-state index in [0.29, 0.717) is 0 Å². The van der Waals surface area contributed by atoms with Crippen molar-refractivity contribution in [1.29, 1.82) is 0 Å². The SMILES string of the molecule is CC(C)C[C@H](NC(=O)[C@@H](N)CS)C(=O)N[C@@H](CC(N)=O)C(=O)O. The van der Waals surface area contributed by atoms with Gasteiger partial charge in [0.2, 0.25) is 17.7 Å². The van der Waals surface area contributed by atoms with Crippen molar-refractivity contribution < 1.29 is 24.3 Å². The van der Waals surface area contributed by atoms with Gasteiger partial charge in [-0.1, -0.05) is 13.8 Å². The van der Waals surface area contributed by atoms with E-state index in [2.05, 4.69) is 23.3 Å². The molecule has 0 fully saturated rings. The third kappa shape index (κ3) is 8.41. The Bertz CT molecular complexity index is 458. The summed E-state index contributed by atoms with van der Waals surface area (Å²) in [4.78, 5) is 45.9. The van der Waals surface area contributed by atoms with Gasteiger partial charge in [-0.05, 0) is 12.3 Å². The normalized spacial score (nSPS) is 14.7. The van der Waals surface area contributed by atoms with Gasteiger partial charge in [-0.2, -0.15) is 12.6 Å². The summed E-state index contributed by atoms with van der Waals surface area (Å²) < 4.78 is 0. The number of nitrogens with one attached hydrogen (secondary N) is 2. The second-order valence-corrected chi connectivity index (χ2v) is 5.91. The molecule has 0 bridgehead atoms. The van der Waals surface area contributed by atoms with Crippen LogP contribution in [0, 0.1) is 5.92 Å². The molecule has 0 rings (SSSR count). The molecule has 132 valence electrons. The number of nitrogens with two attached hydrogens (primary N) is 2. The van der Waals surface area contributed by atoms with Crippen molar-refractivity contribution >= 4 is 36.3 Å². The summed E-state index contributed by atoms with van der Waals surface area (Å²) in [6.07, 6.45) is -0.265. The van der Waals surface area contributed by atoms with Crippen molar-refractivity contribution in [1.82, 2.24) is 10.6 Å². The van der Waals surface area contributed by atoms with Crippen molar-refractivity contribution in [2.45, 2.75) is 44.8 Å². The first-order chi connectivity index (χ1) is 10.6. The van der Waals surface area contributed by atoms with Crippen LogP contribution in [0.3, 0.4) is 0 Å². The van der Waals surface area contributed by atoms with Crippen molar-refractivity contribution in [3.05, 3.63) is 0 Å². The number of carboxylic acid groups (broad SMARTS) is 1. The van der Waals surface area contributed by atoms with Gasteiger partial charge in [0.1, 0.15) is 12.1 Å². The van der Waals surface area contributed by atoms with E-state index < -0.39 is 48.2 Å². The number of amides is 3. The molecular weight excluding hydrogens is 324 g/mol. The lowest BCUT2D eigenvalue weighted by Crippen LogP contribution is -2.55. The molecule has 0 saturated heterocycles. The van der Waals surface area contributed by atoms with E-state index in [1.807, 2.05) is 13.8 Å². The molecule has 0 unspecified atom stereocenters. The molecule has 0 heterocycles. The Kier molecular flexibility index (Phi) is 9.27. The molecule has 0 aliphatic carbocycles. The van der Waals surface area contributed by atoms with Gasteiger partial charge >= 0.3 is 5.97 Å². The van der Waals surface area contributed by atoms with Crippen LogP contribution >= 0.6 is 12.6 Å². The number of carboxylic acids is 1. The molecule has 3 atom stereocenters. The zero-order valence-corrected chi connectivity index (χ0v) is 14.0. The van der Waals surface area contributed by atoms with Crippen LogP contribution in [0.15, 0.2) is 0 Å². The lowest BCUT2D eigenvalue weighted by molar-refractivity contribution is -0.143. The molecule has 0 saturated carbocycles. The molecule has 0 spiro atoms. The molecule has 10 heteroatoms. The average Bonchev–Trinajstić information content (AvgIpc) is 2.43. The second kappa shape index (κ2) is 10.1. The van der Waals surface area contributed by atoms with E-state index in [1.54, 1.807) is 0 Å². The first-order valence-corrected chi connectivity index (χ1v) is 7.70. The van der Waals surface area contributed by atoms with E-state index in [1.165, 1.54) is 0 Å². The maximum Gasteiger partial charge on any atom is 0.326 e. The summed E-state index contributed by atoms with van der Waals surface area (Å²) >= 11 is 3.90. The van der Waals surface area contributed by atoms with E-state index in [4.69, 9.17) is 16.6 Å². The highest BCUT2D eigenvalue weighted by Crippen LogP contribution is 2.06. The standard InChI is InChI=1S/C13H24N4O5S/c1-6(2)3-8(16-11(19)7(14)5-23)12(20)17-9(13(21)22)4-10(15)18/h6-9,23H,3-5,14H2,1-2H3,(H2,15,18)(H,16,19)(H,17,20)(H,21,22)/t7-,8-,9-/m0/s1. The molecule has 0 aliphatic heterocycles. The van der Waals surface area contributed by atoms with E-state index >= 15 is 0 Å². The lowest BCUT2D eigenvalue weighted by atomic mass is 10.0. The maximum absolute atomic E-state index is 12.2. The zero-order chi connectivity index (χ0) is 18.2. The minimum absolute atomic E-state index is 0.0534. The molecule has 0 aliphatic rings. The van der Waals surface area contributed by atoms with Crippen LogP contribution in [0.5, 0.6) is 0 Å². The number of hydrogen-bond donors (Lipinski definition) is 6. The van der Waals surface area contributed by atoms with E-state index in [0.717, 1.165) is 0 Å². The predicted octanol–water partition coefficient (Wildman–Crippen LogP) is -1.78. The van der Waals surface area contributed by atoms with Gasteiger partial charge in [0.25, 0.3) is 0 Å². The molecule has 23 heavy (non-hydrogen) atoms. The summed E-state index contributed by atoms with van der Waals surface area (Å²) in [5, 5.41) is 13.7. The van der Waals surface area contributed by atoms with Crippen molar-refractivity contribution in [3.8, 4) is 0 Å². The summed E-state index contributed by atoms with van der Waals surface area (Å²) in [7, 11) is 0. The molecule has 7 N–H and O–H groups in total. The number of thiol groups is 1. The molecule has 0 radical (unpaired) electrons. The van der Waals surface area contributed by atoms with E-state index in [-0.39, 0.29) is 18.1 Å². The molecule has 0 aromatic heterocycles. The van der Waals surface area contributed by atoms with Crippen molar-refractivity contribution in [3.63, 3.8) is 0 Å². The summed E-state index contributed by atoms with van der Waals surface area (Å²) in [6.45, 7) is 3.67. The topological polar surface area (TPSA) is 165 Å². The lowest BCUT2D eigenvalue weighted by Gasteiger charge is -2.23. The average molecular weight is 348 g/mol. The van der Waals surface area contributed by atoms with Crippen LogP contribution in [0.2, 0.25) is 0 Å². The molecule has 0 aromatic carbocycles. The number of rotatable bonds is 10. The molecule has 0 aromatic rings. The third-order valence-electron chi connectivity index (χ3n) is 2.89. The predicted molar refractivity (Wildman–Crippen MR) is 86.6 cm³/mol. The highest BCUT2D eigenvalue weighted by Gasteiger charge is 2.29. The van der Waals surface area contributed by atoms with Crippen molar-refractivity contribution in [2.75, 3.05) is 5.75 Å². The Morgan fingerprint density at radius 2 is 1.61 bits per heavy atom. The quantitative estimate of drug-likeness (QED) is 0.255. The molecular formula is C13H24N4O5S. The number of aliphatic carboxylic acids is 1. The van der Waals surface area contributed by atoms with Gasteiger partial charge in [-0.3, -0.25) is 14.4 Å². The summed E-state index contributed by atoms with van der Waals surface area (Å²) in [5.74, 6) is -3.38. The minimum atomic E-state index is -1.45. The van der Waals surface area contributed by atoms with Gasteiger partial charge in [-0.15, -0.1) is 0 Å². The number of carbonyl (C=O) groups excluding carboxylic acids is 3. The Balaban J connectivity index is 5.01. The van der Waals surface area contributed by atoms with Crippen LogP contribution in [0.4, 0.5) is 0 Å². The van der Waals surface area contributed by atoms with Gasteiger partial charge < -0.3 is 27.2 Å². The van der Waals surface area contributed by atoms with Crippen molar-refractivity contribution in [2.24, 2.45) is 17.4 Å². The first-order valence-electron chi connectivity index (χ1n) is 7.06. The fraction of sp³-hybridized carbons (Fsp3) is 0.692. The molecule has 9 nitrogen and oxygen atoms in total. The number of hydrogen-bond acceptors (Lipinski definition) is 6. The smallest absolute Gasteiger partial charge is 0.326 e. The van der Waals surface area contributed by atoms with Gasteiger partial charge in [0.15, 0.2) is 0 Å². The summed E-state index contributed by atoms with van der Waals surface area (Å²) in [5.41, 5.74) is 10.5. The van der Waals surface area contributed by atoms with Gasteiger partial charge in [-0.25, -0.2) is 4.79 Å². The Hall–Kier alpha value is -1.81. The Morgan fingerprint density at radius 1 is 1.09 bits per heavy atom. The zero-order valence-electron chi connectivity index (χ0n) is 13.1. The van der Waals surface area contributed by atoms with Crippen LogP contribution in [0.25, 0.3) is 0 Å². The van der Waals surface area contributed by atoms with Crippen LogP contribution in [-0.2, 0) is 19.2 Å². The highest BCUT2D eigenvalue weighted by molar-refractivity contribution is 7.80. The fourth-order valence-electron chi connectivity index (χ4n) is 1.74. The van der Waals surface area contributed by atoms with Crippen LogP contribution in [-0.4, -0.2) is 52.7 Å².